The lowest BCUT2D eigenvalue weighted by molar-refractivity contribution is -0.123. The van der Waals surface area contributed by atoms with Crippen molar-refractivity contribution in [3.63, 3.8) is 0 Å². The lowest BCUT2D eigenvalue weighted by Crippen LogP contribution is -2.47. The molecule has 2 rings (SSSR count). The van der Waals surface area contributed by atoms with Crippen molar-refractivity contribution in [2.75, 3.05) is 6.54 Å². The number of primary amides is 1. The zero-order chi connectivity index (χ0) is 13.7. The highest BCUT2D eigenvalue weighted by Crippen LogP contribution is 2.16. The average Bonchev–Trinajstić information content (AvgIpc) is 2.42. The number of nitrogens with one attached hydrogen (secondary N) is 2. The van der Waals surface area contributed by atoms with Gasteiger partial charge in [0.05, 0.1) is 6.04 Å². The van der Waals surface area contributed by atoms with Crippen LogP contribution in [-0.2, 0) is 22.6 Å². The number of rotatable bonds is 5. The largest absolute Gasteiger partial charge is 0.370 e. The van der Waals surface area contributed by atoms with Gasteiger partial charge in [-0.25, -0.2) is 0 Å². The van der Waals surface area contributed by atoms with E-state index in [1.165, 1.54) is 11.1 Å². The van der Waals surface area contributed by atoms with E-state index >= 15 is 0 Å². The topological polar surface area (TPSA) is 84.2 Å². The van der Waals surface area contributed by atoms with E-state index in [1.807, 2.05) is 12.1 Å². The van der Waals surface area contributed by atoms with Crippen LogP contribution >= 0.6 is 0 Å². The van der Waals surface area contributed by atoms with Crippen LogP contribution in [0, 0.1) is 0 Å². The summed E-state index contributed by atoms with van der Waals surface area (Å²) in [5.41, 5.74) is 7.51. The number of nitrogens with two attached hydrogens (primary N) is 1. The molecule has 0 aromatic heterocycles. The Labute approximate surface area is 112 Å². The van der Waals surface area contributed by atoms with Crippen LogP contribution in [0.3, 0.4) is 0 Å². The first-order chi connectivity index (χ1) is 9.16. The summed E-state index contributed by atoms with van der Waals surface area (Å²) < 4.78 is 0. The number of hydrogen-bond donors (Lipinski definition) is 3. The summed E-state index contributed by atoms with van der Waals surface area (Å²) in [4.78, 5) is 22.5. The van der Waals surface area contributed by atoms with E-state index in [9.17, 15) is 9.59 Å². The third kappa shape index (κ3) is 3.79. The van der Waals surface area contributed by atoms with Gasteiger partial charge in [-0.3, -0.25) is 9.59 Å². The standard InChI is InChI=1S/C14H19N3O2/c15-13(18)6-3-7-16-14(19)12-8-10-4-1-2-5-11(10)9-17-12/h1-2,4-5,12,17H,3,6-9H2,(H2,15,18)(H,16,19). The van der Waals surface area contributed by atoms with E-state index in [0.717, 1.165) is 6.54 Å². The monoisotopic (exact) mass is 261 g/mol. The minimum atomic E-state index is -0.334. The normalized spacial score (nSPS) is 17.6. The zero-order valence-corrected chi connectivity index (χ0v) is 10.8. The average molecular weight is 261 g/mol. The lowest BCUT2D eigenvalue weighted by Gasteiger charge is -2.25. The van der Waals surface area contributed by atoms with Crippen molar-refractivity contribution in [2.24, 2.45) is 5.73 Å². The fourth-order valence-electron chi connectivity index (χ4n) is 2.24. The Morgan fingerprint density at radius 2 is 2.05 bits per heavy atom. The first-order valence-corrected chi connectivity index (χ1v) is 6.53. The predicted octanol–water partition coefficient (Wildman–Crippen LogP) is 0.0826. The second kappa shape index (κ2) is 6.33. The Bertz CT molecular complexity index is 474. The number of benzene rings is 1. The Balaban J connectivity index is 1.80. The zero-order valence-electron chi connectivity index (χ0n) is 10.8. The van der Waals surface area contributed by atoms with Crippen molar-refractivity contribution in [3.05, 3.63) is 35.4 Å². The third-order valence-electron chi connectivity index (χ3n) is 3.30. The molecule has 102 valence electrons. The molecular weight excluding hydrogens is 242 g/mol. The third-order valence-corrected chi connectivity index (χ3v) is 3.30. The first kappa shape index (κ1) is 13.5. The van der Waals surface area contributed by atoms with Crippen LogP contribution in [-0.4, -0.2) is 24.4 Å². The number of carbonyl (C=O) groups is 2. The van der Waals surface area contributed by atoms with E-state index in [2.05, 4.69) is 22.8 Å². The molecule has 1 aliphatic heterocycles. The molecule has 0 fully saturated rings. The molecule has 1 atom stereocenters. The lowest BCUT2D eigenvalue weighted by atomic mass is 9.95. The van der Waals surface area contributed by atoms with Gasteiger partial charge in [-0.2, -0.15) is 0 Å². The molecule has 1 heterocycles. The number of carbonyl (C=O) groups excluding carboxylic acids is 2. The molecule has 1 aromatic rings. The number of hydrogen-bond acceptors (Lipinski definition) is 3. The highest BCUT2D eigenvalue weighted by atomic mass is 16.2. The van der Waals surface area contributed by atoms with E-state index in [1.54, 1.807) is 0 Å². The molecule has 4 N–H and O–H groups in total. The highest BCUT2D eigenvalue weighted by molar-refractivity contribution is 5.82. The molecule has 0 radical (unpaired) electrons. The second-order valence-corrected chi connectivity index (χ2v) is 4.77. The van der Waals surface area contributed by atoms with Crippen LogP contribution in [0.15, 0.2) is 24.3 Å². The molecule has 0 bridgehead atoms. The fraction of sp³-hybridized carbons (Fsp3) is 0.429. The maximum Gasteiger partial charge on any atom is 0.237 e. The van der Waals surface area contributed by atoms with Gasteiger partial charge in [-0.1, -0.05) is 24.3 Å². The van der Waals surface area contributed by atoms with Gasteiger partial charge in [0.2, 0.25) is 11.8 Å². The molecule has 0 saturated carbocycles. The van der Waals surface area contributed by atoms with Crippen molar-refractivity contribution in [2.45, 2.75) is 31.8 Å². The Kier molecular flexibility index (Phi) is 4.52. The van der Waals surface area contributed by atoms with Gasteiger partial charge in [0, 0.05) is 19.5 Å². The summed E-state index contributed by atoms with van der Waals surface area (Å²) in [5, 5.41) is 6.05. The molecule has 0 spiro atoms. The Hall–Kier alpha value is -1.88. The minimum absolute atomic E-state index is 0.0148. The minimum Gasteiger partial charge on any atom is -0.370 e. The molecule has 1 aromatic carbocycles. The number of fused-ring (bicyclic) bond motifs is 1. The van der Waals surface area contributed by atoms with Crippen molar-refractivity contribution in [1.82, 2.24) is 10.6 Å². The first-order valence-electron chi connectivity index (χ1n) is 6.53. The van der Waals surface area contributed by atoms with E-state index in [4.69, 9.17) is 5.73 Å². The maximum atomic E-state index is 12.0. The van der Waals surface area contributed by atoms with Gasteiger partial charge < -0.3 is 16.4 Å². The summed E-state index contributed by atoms with van der Waals surface area (Å²) in [6.45, 7) is 1.21. The summed E-state index contributed by atoms with van der Waals surface area (Å²) in [6.07, 6.45) is 1.60. The van der Waals surface area contributed by atoms with Crippen molar-refractivity contribution in [3.8, 4) is 0 Å². The maximum absolute atomic E-state index is 12.0. The molecule has 0 saturated heterocycles. The van der Waals surface area contributed by atoms with E-state index < -0.39 is 0 Å². The van der Waals surface area contributed by atoms with Crippen molar-refractivity contribution in [1.29, 1.82) is 0 Å². The van der Waals surface area contributed by atoms with Gasteiger partial charge in [-0.15, -0.1) is 0 Å². The van der Waals surface area contributed by atoms with Crippen LogP contribution < -0.4 is 16.4 Å². The van der Waals surface area contributed by atoms with Crippen LogP contribution in [0.1, 0.15) is 24.0 Å². The molecule has 19 heavy (non-hydrogen) atoms. The van der Waals surface area contributed by atoms with Gasteiger partial charge in [-0.05, 0) is 24.0 Å². The van der Waals surface area contributed by atoms with Crippen LogP contribution in [0.5, 0.6) is 0 Å². The summed E-state index contributed by atoms with van der Waals surface area (Å²) in [6, 6.07) is 7.94. The van der Waals surface area contributed by atoms with Gasteiger partial charge in [0.1, 0.15) is 0 Å². The summed E-state index contributed by atoms with van der Waals surface area (Å²) in [5.74, 6) is -0.349. The quantitative estimate of drug-likeness (QED) is 0.656. The van der Waals surface area contributed by atoms with Gasteiger partial charge >= 0.3 is 0 Å². The molecule has 0 aliphatic carbocycles. The van der Waals surface area contributed by atoms with Crippen molar-refractivity contribution >= 4 is 11.8 Å². The number of amides is 2. The summed E-state index contributed by atoms with van der Waals surface area (Å²) in [7, 11) is 0. The van der Waals surface area contributed by atoms with Crippen LogP contribution in [0.25, 0.3) is 0 Å². The molecule has 5 nitrogen and oxygen atoms in total. The van der Waals surface area contributed by atoms with Gasteiger partial charge in [0.15, 0.2) is 0 Å². The molecule has 1 aliphatic rings. The molecule has 5 heteroatoms. The van der Waals surface area contributed by atoms with E-state index in [-0.39, 0.29) is 17.9 Å². The summed E-state index contributed by atoms with van der Waals surface area (Å²) >= 11 is 0. The SMILES string of the molecule is NC(=O)CCCNC(=O)C1Cc2ccccc2CN1. The predicted molar refractivity (Wildman–Crippen MR) is 72.2 cm³/mol. The smallest absolute Gasteiger partial charge is 0.237 e. The Morgan fingerprint density at radius 1 is 1.32 bits per heavy atom. The Morgan fingerprint density at radius 3 is 2.79 bits per heavy atom. The second-order valence-electron chi connectivity index (χ2n) is 4.77. The molecular formula is C14H19N3O2. The highest BCUT2D eigenvalue weighted by Gasteiger charge is 2.23. The molecule has 1 unspecified atom stereocenters. The van der Waals surface area contributed by atoms with Crippen LogP contribution in [0.4, 0.5) is 0 Å². The molecule has 2 amide bonds. The van der Waals surface area contributed by atoms with Gasteiger partial charge in [0.25, 0.3) is 0 Å². The van der Waals surface area contributed by atoms with Crippen molar-refractivity contribution < 1.29 is 9.59 Å². The fourth-order valence-corrected chi connectivity index (χ4v) is 2.24. The van der Waals surface area contributed by atoms with Crippen LogP contribution in [0.2, 0.25) is 0 Å². The van der Waals surface area contributed by atoms with E-state index in [0.29, 0.717) is 25.8 Å².